The van der Waals surface area contributed by atoms with Gasteiger partial charge in [-0.25, -0.2) is 5.48 Å². The summed E-state index contributed by atoms with van der Waals surface area (Å²) in [5, 5.41) is 8.63. The summed E-state index contributed by atoms with van der Waals surface area (Å²) in [4.78, 5) is 0. The lowest BCUT2D eigenvalue weighted by Gasteiger charge is -2.07. The molecule has 0 radical (unpaired) electrons. The normalized spacial score (nSPS) is 10.2. The van der Waals surface area contributed by atoms with Crippen LogP contribution in [0.4, 0.5) is 0 Å². The van der Waals surface area contributed by atoms with Crippen molar-refractivity contribution >= 4 is 0 Å². The summed E-state index contributed by atoms with van der Waals surface area (Å²) in [7, 11) is 0. The maximum absolute atomic E-state index is 8.63. The van der Waals surface area contributed by atoms with Crippen LogP contribution in [0.5, 0.6) is 5.75 Å². The number of hydrogen-bond donors (Lipinski definition) is 2. The number of hydroxylamine groups is 1. The fraction of sp³-hybridized carbons (Fsp3) is 0.143. The third-order valence-electron chi connectivity index (χ3n) is 2.43. The van der Waals surface area contributed by atoms with Crippen molar-refractivity contribution in [1.82, 2.24) is 5.48 Å². The van der Waals surface area contributed by atoms with Gasteiger partial charge in [0.2, 0.25) is 0 Å². The van der Waals surface area contributed by atoms with Crippen molar-refractivity contribution in [2.24, 2.45) is 0 Å². The third kappa shape index (κ3) is 3.59. The monoisotopic (exact) mass is 229 g/mol. The minimum atomic E-state index is 0.419. The number of rotatable bonds is 5. The highest BCUT2D eigenvalue weighted by molar-refractivity contribution is 5.28. The molecular formula is C14H15NO2. The smallest absolute Gasteiger partial charge is 0.120 e. The van der Waals surface area contributed by atoms with Crippen LogP contribution in [0.25, 0.3) is 0 Å². The molecule has 0 atom stereocenters. The van der Waals surface area contributed by atoms with E-state index in [2.05, 4.69) is 5.48 Å². The Kier molecular flexibility index (Phi) is 4.13. The summed E-state index contributed by atoms with van der Waals surface area (Å²) in [5.74, 6) is 0.807. The molecule has 0 aliphatic carbocycles. The van der Waals surface area contributed by atoms with Crippen LogP contribution in [0.2, 0.25) is 0 Å². The van der Waals surface area contributed by atoms with Crippen LogP contribution in [-0.2, 0) is 13.2 Å². The Morgan fingerprint density at radius 1 is 0.941 bits per heavy atom. The van der Waals surface area contributed by atoms with Gasteiger partial charge in [0.15, 0.2) is 0 Å². The molecule has 0 spiro atoms. The van der Waals surface area contributed by atoms with Crippen molar-refractivity contribution in [2.45, 2.75) is 13.2 Å². The van der Waals surface area contributed by atoms with E-state index in [4.69, 9.17) is 9.94 Å². The summed E-state index contributed by atoms with van der Waals surface area (Å²) >= 11 is 0. The molecule has 17 heavy (non-hydrogen) atoms. The van der Waals surface area contributed by atoms with Crippen molar-refractivity contribution in [1.29, 1.82) is 0 Å². The summed E-state index contributed by atoms with van der Waals surface area (Å²) in [6, 6.07) is 17.7. The molecule has 2 aromatic rings. The summed E-state index contributed by atoms with van der Waals surface area (Å²) in [6.45, 7) is 0.972. The Labute approximate surface area is 101 Å². The third-order valence-corrected chi connectivity index (χ3v) is 2.43. The van der Waals surface area contributed by atoms with Gasteiger partial charge in [0, 0.05) is 6.54 Å². The second kappa shape index (κ2) is 6.03. The molecule has 0 aliphatic rings. The maximum atomic E-state index is 8.63. The zero-order valence-electron chi connectivity index (χ0n) is 9.47. The van der Waals surface area contributed by atoms with Crippen LogP contribution in [0.3, 0.4) is 0 Å². The molecule has 0 saturated heterocycles. The van der Waals surface area contributed by atoms with Gasteiger partial charge in [-0.15, -0.1) is 0 Å². The van der Waals surface area contributed by atoms with Gasteiger partial charge in [0.05, 0.1) is 0 Å². The van der Waals surface area contributed by atoms with Crippen molar-refractivity contribution in [3.63, 3.8) is 0 Å². The average Bonchev–Trinajstić information content (AvgIpc) is 2.39. The van der Waals surface area contributed by atoms with E-state index in [0.29, 0.717) is 13.2 Å². The van der Waals surface area contributed by atoms with Gasteiger partial charge in [-0.3, -0.25) is 0 Å². The Morgan fingerprint density at radius 3 is 2.47 bits per heavy atom. The minimum Gasteiger partial charge on any atom is -0.489 e. The van der Waals surface area contributed by atoms with Gasteiger partial charge in [-0.2, -0.15) is 0 Å². The van der Waals surface area contributed by atoms with Gasteiger partial charge < -0.3 is 9.94 Å². The molecular weight excluding hydrogens is 214 g/mol. The molecule has 0 amide bonds. The van der Waals surface area contributed by atoms with Crippen LogP contribution < -0.4 is 10.2 Å². The van der Waals surface area contributed by atoms with Crippen molar-refractivity contribution in [3.05, 3.63) is 65.7 Å². The fourth-order valence-electron chi connectivity index (χ4n) is 1.58. The second-order valence-electron chi connectivity index (χ2n) is 3.76. The van der Waals surface area contributed by atoms with Crippen LogP contribution >= 0.6 is 0 Å². The predicted molar refractivity (Wildman–Crippen MR) is 65.8 cm³/mol. The Morgan fingerprint density at radius 2 is 1.71 bits per heavy atom. The Bertz CT molecular complexity index is 457. The molecule has 0 saturated carbocycles. The highest BCUT2D eigenvalue weighted by atomic mass is 16.5. The van der Waals surface area contributed by atoms with Crippen molar-refractivity contribution < 1.29 is 9.94 Å². The first-order valence-electron chi connectivity index (χ1n) is 5.51. The Balaban J connectivity index is 1.97. The van der Waals surface area contributed by atoms with Crippen LogP contribution in [-0.4, -0.2) is 5.21 Å². The second-order valence-corrected chi connectivity index (χ2v) is 3.76. The summed E-state index contributed by atoms with van der Waals surface area (Å²) in [6.07, 6.45) is 0. The zero-order valence-corrected chi connectivity index (χ0v) is 9.47. The zero-order chi connectivity index (χ0) is 11.9. The molecule has 2 rings (SSSR count). The fourth-order valence-corrected chi connectivity index (χ4v) is 1.58. The first-order chi connectivity index (χ1) is 8.38. The molecule has 0 unspecified atom stereocenters. The molecule has 0 aromatic heterocycles. The highest BCUT2D eigenvalue weighted by Crippen LogP contribution is 2.15. The van der Waals surface area contributed by atoms with Crippen LogP contribution in [0.1, 0.15) is 11.1 Å². The maximum Gasteiger partial charge on any atom is 0.120 e. The molecule has 0 aliphatic heterocycles. The Hall–Kier alpha value is -1.84. The topological polar surface area (TPSA) is 41.5 Å². The number of nitrogens with one attached hydrogen (secondary N) is 1. The van der Waals surface area contributed by atoms with E-state index in [1.165, 1.54) is 0 Å². The molecule has 3 heteroatoms. The molecule has 0 heterocycles. The largest absolute Gasteiger partial charge is 0.489 e. The van der Waals surface area contributed by atoms with E-state index >= 15 is 0 Å². The quantitative estimate of drug-likeness (QED) is 0.775. The number of benzene rings is 2. The molecule has 2 aromatic carbocycles. The standard InChI is InChI=1S/C14H15NO2/c16-15-10-13-7-4-8-14(9-13)17-11-12-5-2-1-3-6-12/h1-9,15-16H,10-11H2. The van der Waals surface area contributed by atoms with Gasteiger partial charge in [-0.05, 0) is 23.3 Å². The van der Waals surface area contributed by atoms with E-state index in [0.717, 1.165) is 16.9 Å². The predicted octanol–water partition coefficient (Wildman–Crippen LogP) is 2.74. The summed E-state index contributed by atoms with van der Waals surface area (Å²) in [5.41, 5.74) is 4.25. The van der Waals surface area contributed by atoms with Gasteiger partial charge in [-0.1, -0.05) is 42.5 Å². The lowest BCUT2D eigenvalue weighted by atomic mass is 10.2. The first kappa shape index (κ1) is 11.6. The number of ether oxygens (including phenoxy) is 1. The molecule has 3 nitrogen and oxygen atoms in total. The van der Waals surface area contributed by atoms with E-state index in [-0.39, 0.29) is 0 Å². The first-order valence-corrected chi connectivity index (χ1v) is 5.51. The summed E-state index contributed by atoms with van der Waals surface area (Å²) < 4.78 is 5.67. The van der Waals surface area contributed by atoms with Crippen LogP contribution in [0.15, 0.2) is 54.6 Å². The minimum absolute atomic E-state index is 0.419. The van der Waals surface area contributed by atoms with Gasteiger partial charge >= 0.3 is 0 Å². The highest BCUT2D eigenvalue weighted by Gasteiger charge is 1.97. The molecule has 88 valence electrons. The number of hydrogen-bond acceptors (Lipinski definition) is 3. The van der Waals surface area contributed by atoms with Gasteiger partial charge in [0.25, 0.3) is 0 Å². The molecule has 0 bridgehead atoms. The molecule has 0 fully saturated rings. The van der Waals surface area contributed by atoms with E-state index in [1.807, 2.05) is 54.6 Å². The lowest BCUT2D eigenvalue weighted by molar-refractivity contribution is 0.161. The van der Waals surface area contributed by atoms with E-state index < -0.39 is 0 Å². The van der Waals surface area contributed by atoms with E-state index in [1.54, 1.807) is 0 Å². The average molecular weight is 229 g/mol. The van der Waals surface area contributed by atoms with Gasteiger partial charge in [0.1, 0.15) is 12.4 Å². The van der Waals surface area contributed by atoms with Crippen molar-refractivity contribution in [2.75, 3.05) is 0 Å². The molecule has 2 N–H and O–H groups in total. The van der Waals surface area contributed by atoms with Crippen molar-refractivity contribution in [3.8, 4) is 5.75 Å². The van der Waals surface area contributed by atoms with Crippen LogP contribution in [0, 0.1) is 0 Å². The SMILES string of the molecule is ONCc1cccc(OCc2ccccc2)c1. The van der Waals surface area contributed by atoms with E-state index in [9.17, 15) is 0 Å². The lowest BCUT2D eigenvalue weighted by Crippen LogP contribution is -2.06.